The zero-order chi connectivity index (χ0) is 18.4. The molecule has 1 rings (SSSR count). The van der Waals surface area contributed by atoms with Crippen LogP contribution in [0.15, 0.2) is 29.2 Å². The van der Waals surface area contributed by atoms with E-state index in [0.717, 1.165) is 5.56 Å². The van der Waals surface area contributed by atoms with E-state index in [1.54, 1.807) is 24.3 Å². The van der Waals surface area contributed by atoms with E-state index in [2.05, 4.69) is 26.1 Å². The van der Waals surface area contributed by atoms with Crippen LogP contribution in [0.1, 0.15) is 46.6 Å². The van der Waals surface area contributed by atoms with Crippen molar-refractivity contribution >= 4 is 15.9 Å². The zero-order valence-electron chi connectivity index (χ0n) is 15.4. The summed E-state index contributed by atoms with van der Waals surface area (Å²) in [7, 11) is -3.42. The Labute approximate surface area is 146 Å². The van der Waals surface area contributed by atoms with E-state index >= 15 is 0 Å². The first kappa shape index (κ1) is 20.6. The second-order valence-electron chi connectivity index (χ2n) is 7.07. The van der Waals surface area contributed by atoms with Crippen LogP contribution < -0.4 is 5.32 Å². The van der Waals surface area contributed by atoms with Crippen molar-refractivity contribution in [3.63, 3.8) is 0 Å². The minimum Gasteiger partial charge on any atom is -0.356 e. The molecule has 0 fully saturated rings. The fourth-order valence-corrected chi connectivity index (χ4v) is 3.71. The number of carbonyl (C=O) groups excluding carboxylic acids is 1. The van der Waals surface area contributed by atoms with Gasteiger partial charge in [0.05, 0.1) is 4.90 Å². The molecule has 0 radical (unpaired) electrons. The number of aryl methyl sites for hydroxylation is 1. The van der Waals surface area contributed by atoms with Gasteiger partial charge < -0.3 is 5.32 Å². The number of carbonyl (C=O) groups is 1. The van der Waals surface area contributed by atoms with Gasteiger partial charge in [-0.15, -0.1) is 0 Å². The van der Waals surface area contributed by atoms with Gasteiger partial charge in [-0.3, -0.25) is 4.79 Å². The number of nitrogens with zero attached hydrogens (tertiary/aromatic N) is 1. The summed E-state index contributed by atoms with van der Waals surface area (Å²) >= 11 is 0. The summed E-state index contributed by atoms with van der Waals surface area (Å²) in [6.45, 7) is 11.4. The summed E-state index contributed by atoms with van der Waals surface area (Å²) < 4.78 is 26.3. The first-order valence-electron chi connectivity index (χ1n) is 8.46. The van der Waals surface area contributed by atoms with Crippen molar-refractivity contribution in [3.8, 4) is 0 Å². The van der Waals surface area contributed by atoms with Crippen LogP contribution >= 0.6 is 0 Å². The maximum Gasteiger partial charge on any atom is 0.243 e. The van der Waals surface area contributed by atoms with Gasteiger partial charge in [0, 0.05) is 26.1 Å². The molecule has 24 heavy (non-hydrogen) atoms. The number of rotatable bonds is 8. The summed E-state index contributed by atoms with van der Waals surface area (Å²) in [5.74, 6) is 0.0183. The van der Waals surface area contributed by atoms with Gasteiger partial charge in [0.2, 0.25) is 15.9 Å². The summed E-state index contributed by atoms with van der Waals surface area (Å²) in [6.07, 6.45) is 1.000. The van der Waals surface area contributed by atoms with Gasteiger partial charge in [0.15, 0.2) is 0 Å². The van der Waals surface area contributed by atoms with Gasteiger partial charge in [0.25, 0.3) is 0 Å². The van der Waals surface area contributed by atoms with Crippen molar-refractivity contribution in [3.05, 3.63) is 29.8 Å². The van der Waals surface area contributed by atoms with E-state index in [4.69, 9.17) is 0 Å². The zero-order valence-corrected chi connectivity index (χ0v) is 16.2. The van der Waals surface area contributed by atoms with Crippen molar-refractivity contribution in [2.45, 2.75) is 52.4 Å². The fourth-order valence-electron chi connectivity index (χ4n) is 2.25. The van der Waals surface area contributed by atoms with Gasteiger partial charge in [-0.2, -0.15) is 4.31 Å². The van der Waals surface area contributed by atoms with E-state index in [0.29, 0.717) is 37.4 Å². The lowest BCUT2D eigenvalue weighted by Crippen LogP contribution is -2.32. The highest BCUT2D eigenvalue weighted by Gasteiger charge is 2.21. The summed E-state index contributed by atoms with van der Waals surface area (Å²) in [5.41, 5.74) is 1.02. The number of nitrogens with one attached hydrogen (secondary N) is 1. The van der Waals surface area contributed by atoms with Gasteiger partial charge >= 0.3 is 0 Å². The topological polar surface area (TPSA) is 66.5 Å². The molecule has 5 nitrogen and oxygen atoms in total. The lowest BCUT2D eigenvalue weighted by molar-refractivity contribution is -0.121. The molecule has 1 amide bonds. The van der Waals surface area contributed by atoms with Crippen LogP contribution in [-0.4, -0.2) is 38.3 Å². The molecule has 6 heteroatoms. The van der Waals surface area contributed by atoms with Crippen LogP contribution in [0.5, 0.6) is 0 Å². The van der Waals surface area contributed by atoms with Crippen LogP contribution in [0.3, 0.4) is 0 Å². The summed E-state index contributed by atoms with van der Waals surface area (Å²) in [5, 5.41) is 2.92. The van der Waals surface area contributed by atoms with E-state index < -0.39 is 10.0 Å². The van der Waals surface area contributed by atoms with E-state index in [1.165, 1.54) is 4.31 Å². The smallest absolute Gasteiger partial charge is 0.243 e. The van der Waals surface area contributed by atoms with Crippen LogP contribution in [0.25, 0.3) is 0 Å². The second-order valence-corrected chi connectivity index (χ2v) is 9.01. The lowest BCUT2D eigenvalue weighted by Gasteiger charge is -2.19. The van der Waals surface area contributed by atoms with Gasteiger partial charge in [-0.25, -0.2) is 8.42 Å². The van der Waals surface area contributed by atoms with Crippen molar-refractivity contribution in [1.29, 1.82) is 0 Å². The lowest BCUT2D eigenvalue weighted by atomic mass is 9.97. The van der Waals surface area contributed by atoms with Gasteiger partial charge in [-0.1, -0.05) is 46.8 Å². The number of amides is 1. The Kier molecular flexibility index (Phi) is 7.42. The van der Waals surface area contributed by atoms with Crippen LogP contribution in [0.2, 0.25) is 0 Å². The highest BCUT2D eigenvalue weighted by molar-refractivity contribution is 7.89. The predicted molar refractivity (Wildman–Crippen MR) is 97.3 cm³/mol. The molecule has 0 aliphatic heterocycles. The molecule has 1 aromatic carbocycles. The molecule has 0 bridgehead atoms. The predicted octanol–water partition coefficient (Wildman–Crippen LogP) is 2.81. The van der Waals surface area contributed by atoms with Gasteiger partial charge in [0.1, 0.15) is 0 Å². The van der Waals surface area contributed by atoms with Crippen molar-refractivity contribution in [2.75, 3.05) is 19.6 Å². The van der Waals surface area contributed by atoms with E-state index in [1.807, 2.05) is 13.8 Å². The maximum atomic E-state index is 12.4. The normalized spacial score (nSPS) is 12.4. The average molecular weight is 355 g/mol. The largest absolute Gasteiger partial charge is 0.356 e. The summed E-state index contributed by atoms with van der Waals surface area (Å²) in [4.78, 5) is 12.1. The minimum absolute atomic E-state index is 0.0183. The minimum atomic E-state index is -3.42. The molecule has 0 saturated heterocycles. The third-order valence-electron chi connectivity index (χ3n) is 3.72. The third kappa shape index (κ3) is 6.24. The molecule has 0 spiro atoms. The maximum absolute atomic E-state index is 12.4. The molecule has 1 aromatic rings. The molecule has 0 saturated carbocycles. The Morgan fingerprint density at radius 2 is 1.62 bits per heavy atom. The van der Waals surface area contributed by atoms with E-state index in [9.17, 15) is 13.2 Å². The third-order valence-corrected chi connectivity index (χ3v) is 5.79. The standard InChI is InChI=1S/C18H30N2O3S/c1-6-20(7-2)24(22,23)16-11-8-15(9-12-16)10-13-17(21)19-14-18(3,4)5/h8-9,11-12H,6-7,10,13-14H2,1-5H3,(H,19,21). The second kappa shape index (κ2) is 8.62. The molecule has 0 aliphatic rings. The number of hydrogen-bond donors (Lipinski definition) is 1. The highest BCUT2D eigenvalue weighted by Crippen LogP contribution is 2.17. The molecule has 0 aliphatic carbocycles. The first-order valence-corrected chi connectivity index (χ1v) is 9.90. The molecule has 136 valence electrons. The van der Waals surface area contributed by atoms with Gasteiger partial charge in [-0.05, 0) is 29.5 Å². The Morgan fingerprint density at radius 1 is 1.08 bits per heavy atom. The Morgan fingerprint density at radius 3 is 2.08 bits per heavy atom. The van der Waals surface area contributed by atoms with Crippen molar-refractivity contribution in [1.82, 2.24) is 9.62 Å². The van der Waals surface area contributed by atoms with Crippen LogP contribution in [0, 0.1) is 5.41 Å². The first-order chi connectivity index (χ1) is 11.1. The Hall–Kier alpha value is -1.40. The van der Waals surface area contributed by atoms with Crippen LogP contribution in [-0.2, 0) is 21.2 Å². The Bertz CT molecular complexity index is 627. The number of sulfonamides is 1. The number of benzene rings is 1. The summed E-state index contributed by atoms with van der Waals surface area (Å²) in [6, 6.07) is 6.81. The average Bonchev–Trinajstić information content (AvgIpc) is 2.51. The quantitative estimate of drug-likeness (QED) is 0.780. The molecule has 1 N–H and O–H groups in total. The molecule has 0 aromatic heterocycles. The SMILES string of the molecule is CCN(CC)S(=O)(=O)c1ccc(CCC(=O)NCC(C)(C)C)cc1. The molecule has 0 atom stereocenters. The fraction of sp³-hybridized carbons (Fsp3) is 0.611. The molecular formula is C18H30N2O3S. The Balaban J connectivity index is 2.64. The van der Waals surface area contributed by atoms with Crippen LogP contribution in [0.4, 0.5) is 0 Å². The number of hydrogen-bond acceptors (Lipinski definition) is 3. The monoisotopic (exact) mass is 354 g/mol. The van der Waals surface area contributed by atoms with Crippen molar-refractivity contribution in [2.24, 2.45) is 5.41 Å². The highest BCUT2D eigenvalue weighted by atomic mass is 32.2. The molecular weight excluding hydrogens is 324 g/mol. The van der Waals surface area contributed by atoms with Crippen molar-refractivity contribution < 1.29 is 13.2 Å². The molecule has 0 heterocycles. The van der Waals surface area contributed by atoms with E-state index in [-0.39, 0.29) is 11.3 Å². The molecule has 0 unspecified atom stereocenters.